The summed E-state index contributed by atoms with van der Waals surface area (Å²) in [7, 11) is 1.19. The van der Waals surface area contributed by atoms with Gasteiger partial charge in [-0.1, -0.05) is 228 Å². The molecule has 0 aromatic carbocycles. The van der Waals surface area contributed by atoms with Crippen molar-refractivity contribution in [3.8, 4) is 0 Å². The molecule has 8 nitrogen and oxygen atoms in total. The highest BCUT2D eigenvalue weighted by molar-refractivity contribution is 7.45. The number of likely N-dealkylation sites (N-methyl/N-ethyl adjacent to an activating group) is 1. The van der Waals surface area contributed by atoms with Gasteiger partial charge in [0.1, 0.15) is 13.2 Å². The zero-order chi connectivity index (χ0) is 56.3. The lowest BCUT2D eigenvalue weighted by molar-refractivity contribution is -0.870. The van der Waals surface area contributed by atoms with Gasteiger partial charge in [-0.25, -0.2) is 0 Å². The van der Waals surface area contributed by atoms with E-state index in [2.05, 4.69) is 189 Å². The Morgan fingerprint density at radius 1 is 0.468 bits per heavy atom. The molecule has 1 amide bonds. The van der Waals surface area contributed by atoms with E-state index in [0.717, 1.165) is 128 Å². The van der Waals surface area contributed by atoms with E-state index in [1.807, 2.05) is 27.2 Å². The van der Waals surface area contributed by atoms with Crippen molar-refractivity contribution >= 4 is 13.7 Å². The molecule has 3 unspecified atom stereocenters. The number of phosphoric ester groups is 1. The molecule has 0 aliphatic carbocycles. The van der Waals surface area contributed by atoms with Crippen LogP contribution in [-0.2, 0) is 18.4 Å². The summed E-state index contributed by atoms with van der Waals surface area (Å²) >= 11 is 0. The first-order valence-corrected chi connectivity index (χ1v) is 31.1. The number of amides is 1. The lowest BCUT2D eigenvalue weighted by atomic mass is 10.1. The van der Waals surface area contributed by atoms with E-state index in [9.17, 15) is 19.4 Å². The second-order valence-corrected chi connectivity index (χ2v) is 21.7. The zero-order valence-electron chi connectivity index (χ0n) is 49.1. The molecule has 0 saturated carbocycles. The van der Waals surface area contributed by atoms with Gasteiger partial charge in [0, 0.05) is 6.42 Å². The van der Waals surface area contributed by atoms with Crippen LogP contribution in [0.4, 0.5) is 0 Å². The summed E-state index contributed by atoms with van der Waals surface area (Å²) in [4.78, 5) is 25.4. The number of hydrogen-bond donors (Lipinski definition) is 2. The molecule has 77 heavy (non-hydrogen) atoms. The molecular weight excluding hydrogens is 972 g/mol. The van der Waals surface area contributed by atoms with E-state index in [4.69, 9.17) is 9.05 Å². The Morgan fingerprint density at radius 2 is 0.805 bits per heavy atom. The number of rotatable bonds is 51. The van der Waals surface area contributed by atoms with Gasteiger partial charge in [-0.05, 0) is 135 Å². The highest BCUT2D eigenvalue weighted by Gasteiger charge is 2.23. The smallest absolute Gasteiger partial charge is 0.268 e. The molecule has 0 aliphatic rings. The fraction of sp³-hybridized carbons (Fsp3) is 0.544. The molecule has 0 fully saturated rings. The Labute approximate surface area is 472 Å². The number of unbranched alkanes of at least 4 members (excludes halogenated alkanes) is 10. The summed E-state index contributed by atoms with van der Waals surface area (Å²) in [6.07, 6.45) is 91.2. The number of carbonyl (C=O) groups is 1. The predicted octanol–water partition coefficient (Wildman–Crippen LogP) is 18.0. The molecular formula is C68H109N2O6P. The Kier molecular flexibility index (Phi) is 53.1. The first-order valence-electron chi connectivity index (χ1n) is 29.6. The molecule has 3 atom stereocenters. The highest BCUT2D eigenvalue weighted by Crippen LogP contribution is 2.38. The van der Waals surface area contributed by atoms with Crippen molar-refractivity contribution < 1.29 is 32.9 Å². The van der Waals surface area contributed by atoms with Crippen LogP contribution < -0.4 is 10.2 Å². The maximum atomic E-state index is 12.9. The number of hydrogen-bond acceptors (Lipinski definition) is 6. The zero-order valence-corrected chi connectivity index (χ0v) is 50.0. The van der Waals surface area contributed by atoms with Crippen LogP contribution in [-0.4, -0.2) is 68.5 Å². The molecule has 0 heterocycles. The number of aliphatic hydroxyl groups excluding tert-OH is 1. The van der Waals surface area contributed by atoms with E-state index >= 15 is 0 Å². The van der Waals surface area contributed by atoms with E-state index < -0.39 is 26.6 Å². The quantitative estimate of drug-likeness (QED) is 0.0272. The van der Waals surface area contributed by atoms with Gasteiger partial charge in [-0.15, -0.1) is 0 Å². The van der Waals surface area contributed by atoms with E-state index in [0.29, 0.717) is 23.9 Å². The van der Waals surface area contributed by atoms with Crippen LogP contribution in [0.3, 0.4) is 0 Å². The molecule has 0 bridgehead atoms. The molecule has 0 spiro atoms. The summed E-state index contributed by atoms with van der Waals surface area (Å²) in [5.74, 6) is -0.245. The van der Waals surface area contributed by atoms with Crippen molar-refractivity contribution in [1.82, 2.24) is 5.32 Å². The lowest BCUT2D eigenvalue weighted by Crippen LogP contribution is -2.45. The maximum Gasteiger partial charge on any atom is 0.268 e. The average Bonchev–Trinajstić information content (AvgIpc) is 3.39. The molecule has 0 aromatic rings. The molecule has 0 radical (unpaired) electrons. The fourth-order valence-electron chi connectivity index (χ4n) is 7.22. The Balaban J connectivity index is 4.24. The van der Waals surface area contributed by atoms with Gasteiger partial charge in [0.15, 0.2) is 0 Å². The van der Waals surface area contributed by atoms with Gasteiger partial charge in [0.2, 0.25) is 5.91 Å². The van der Waals surface area contributed by atoms with Crippen LogP contribution in [0, 0.1) is 0 Å². The van der Waals surface area contributed by atoms with Gasteiger partial charge in [-0.2, -0.15) is 0 Å². The SMILES string of the molecule is CC/C=C\C/C=C\C/C=C\C/C=C\C/C=C\C/C=C\C/C=C\C/C=C\C/C=C\C/C=C\C/C=C\C/C=C\CCCCCCC(=O)NC(COP(=O)([O-])OCC[N+](C)(C)C)C(O)/C=C/CC/C=C/CC/C=C/CCCCCC. The normalized spacial score (nSPS) is 15.2. The number of phosphoric acid groups is 1. The summed E-state index contributed by atoms with van der Waals surface area (Å²) in [6, 6.07) is -0.937. The minimum Gasteiger partial charge on any atom is -0.756 e. The monoisotopic (exact) mass is 1080 g/mol. The van der Waals surface area contributed by atoms with Gasteiger partial charge >= 0.3 is 0 Å². The molecule has 0 aliphatic heterocycles. The van der Waals surface area contributed by atoms with Crippen molar-refractivity contribution in [2.45, 2.75) is 199 Å². The van der Waals surface area contributed by atoms with Gasteiger partial charge < -0.3 is 28.8 Å². The third-order valence-electron chi connectivity index (χ3n) is 11.8. The largest absolute Gasteiger partial charge is 0.756 e. The molecule has 0 rings (SSSR count). The Morgan fingerprint density at radius 3 is 1.19 bits per heavy atom. The van der Waals surface area contributed by atoms with Gasteiger partial charge in [0.05, 0.1) is 39.9 Å². The van der Waals surface area contributed by atoms with Crippen LogP contribution in [0.1, 0.15) is 187 Å². The first-order chi connectivity index (χ1) is 37.5. The predicted molar refractivity (Wildman–Crippen MR) is 333 cm³/mol. The fourth-order valence-corrected chi connectivity index (χ4v) is 7.94. The van der Waals surface area contributed by atoms with Crippen LogP contribution >= 0.6 is 7.82 Å². The van der Waals surface area contributed by atoms with Crippen molar-refractivity contribution in [3.63, 3.8) is 0 Å². The number of nitrogens with one attached hydrogen (secondary N) is 1. The van der Waals surface area contributed by atoms with E-state index in [-0.39, 0.29) is 18.9 Å². The highest BCUT2D eigenvalue weighted by atomic mass is 31.2. The van der Waals surface area contributed by atoms with E-state index in [1.54, 1.807) is 6.08 Å². The van der Waals surface area contributed by atoms with E-state index in [1.165, 1.54) is 25.7 Å². The van der Waals surface area contributed by atoms with Crippen LogP contribution in [0.2, 0.25) is 0 Å². The van der Waals surface area contributed by atoms with Crippen LogP contribution in [0.15, 0.2) is 182 Å². The summed E-state index contributed by atoms with van der Waals surface area (Å²) in [5.41, 5.74) is 0. The molecule has 2 N–H and O–H groups in total. The number of allylic oxidation sites excluding steroid dienone is 29. The Bertz CT molecular complexity index is 1900. The third kappa shape index (κ3) is 59.1. The van der Waals surface area contributed by atoms with Crippen molar-refractivity contribution in [2.75, 3.05) is 40.9 Å². The standard InChI is InChI=1S/C68H109N2O6P/c1-6-8-10-12-14-16-18-20-22-23-24-25-26-27-28-29-30-31-32-33-34-35-36-37-38-39-40-41-42-43-44-45-46-47-48-50-52-54-56-58-60-62-68(72)69-66(65-76-77(73,74)75-64-63-70(3,4)5)67(71)61-59-57-55-53-51-49-21-19-17-15-13-11-9-7-2/h8,10,14,16-17,19-20,22,24-25,27-28,30-31,33-34,36-37,39-40,42-43,45-46,48,50-51,53,59,61,66-67,71H,6-7,9,11-13,15,18,21,23,26,29,32,35,38,41,44,47,49,52,54-58,60,62-65H2,1-5H3,(H-,69,72,73,74)/b10-8-,16-14-,19-17+,22-20-,25-24-,28-27-,31-30-,34-33-,37-36-,40-39-,43-42-,46-45-,50-48-,53-51+,61-59+. The summed E-state index contributed by atoms with van der Waals surface area (Å²) < 4.78 is 23.2. The van der Waals surface area contributed by atoms with Crippen molar-refractivity contribution in [1.29, 1.82) is 0 Å². The van der Waals surface area contributed by atoms with Crippen molar-refractivity contribution in [2.24, 2.45) is 0 Å². The van der Waals surface area contributed by atoms with Gasteiger partial charge in [0.25, 0.3) is 7.82 Å². The first kappa shape index (κ1) is 72.6. The minimum absolute atomic E-state index is 0.0246. The van der Waals surface area contributed by atoms with Crippen LogP contribution in [0.5, 0.6) is 0 Å². The molecule has 0 aromatic heterocycles. The second kappa shape index (κ2) is 56.3. The van der Waals surface area contributed by atoms with Crippen LogP contribution in [0.25, 0.3) is 0 Å². The lowest BCUT2D eigenvalue weighted by Gasteiger charge is -2.29. The number of carbonyl (C=O) groups excluding carboxylic acids is 1. The number of quaternary nitrogens is 1. The van der Waals surface area contributed by atoms with Crippen molar-refractivity contribution in [3.05, 3.63) is 182 Å². The average molecular weight is 1080 g/mol. The molecule has 432 valence electrons. The number of aliphatic hydroxyl groups is 1. The van der Waals surface area contributed by atoms with Gasteiger partial charge in [-0.3, -0.25) is 9.36 Å². The number of nitrogens with zero attached hydrogens (tertiary/aromatic N) is 1. The summed E-state index contributed by atoms with van der Waals surface area (Å²) in [6.45, 7) is 4.42. The minimum atomic E-state index is -4.63. The second-order valence-electron chi connectivity index (χ2n) is 20.2. The molecule has 9 heteroatoms. The maximum absolute atomic E-state index is 12.9. The topological polar surface area (TPSA) is 108 Å². The molecule has 0 saturated heterocycles. The third-order valence-corrected chi connectivity index (χ3v) is 12.8. The Hall–Kier alpha value is -4.40. The summed E-state index contributed by atoms with van der Waals surface area (Å²) in [5, 5.41) is 13.8.